The molecule has 1 unspecified atom stereocenters. The second-order valence-electron chi connectivity index (χ2n) is 5.12. The molecule has 1 heterocycles. The minimum Gasteiger partial charge on any atom is -0.497 e. The SMILES string of the molecule is COc1ccc2[nH]cc(CCNC(=O)C(C)CSC)c2c1. The lowest BCUT2D eigenvalue weighted by Gasteiger charge is -2.10. The molecule has 0 aliphatic rings. The first kappa shape index (κ1) is 15.8. The number of nitrogens with one attached hydrogen (secondary N) is 2. The van der Waals surface area contributed by atoms with Gasteiger partial charge in [0.15, 0.2) is 0 Å². The van der Waals surface area contributed by atoms with E-state index in [1.54, 1.807) is 18.9 Å². The van der Waals surface area contributed by atoms with Gasteiger partial charge in [0.05, 0.1) is 7.11 Å². The molecule has 114 valence electrons. The van der Waals surface area contributed by atoms with Crippen LogP contribution in [0.4, 0.5) is 0 Å². The van der Waals surface area contributed by atoms with Crippen LogP contribution in [0.2, 0.25) is 0 Å². The number of rotatable bonds is 7. The van der Waals surface area contributed by atoms with Crippen molar-refractivity contribution < 1.29 is 9.53 Å². The summed E-state index contributed by atoms with van der Waals surface area (Å²) in [5, 5.41) is 4.15. The highest BCUT2D eigenvalue weighted by Crippen LogP contribution is 2.23. The van der Waals surface area contributed by atoms with Gasteiger partial charge in [-0.1, -0.05) is 6.92 Å². The smallest absolute Gasteiger partial charge is 0.223 e. The van der Waals surface area contributed by atoms with Gasteiger partial charge in [-0.05, 0) is 36.4 Å². The molecule has 0 spiro atoms. The van der Waals surface area contributed by atoms with Crippen molar-refractivity contribution in [2.75, 3.05) is 25.7 Å². The van der Waals surface area contributed by atoms with E-state index < -0.39 is 0 Å². The van der Waals surface area contributed by atoms with E-state index >= 15 is 0 Å². The van der Waals surface area contributed by atoms with E-state index in [9.17, 15) is 4.79 Å². The maximum atomic E-state index is 11.9. The van der Waals surface area contributed by atoms with Gasteiger partial charge in [-0.25, -0.2) is 0 Å². The zero-order chi connectivity index (χ0) is 15.2. The van der Waals surface area contributed by atoms with E-state index in [2.05, 4.69) is 10.3 Å². The van der Waals surface area contributed by atoms with Gasteiger partial charge in [-0.2, -0.15) is 11.8 Å². The number of amides is 1. The summed E-state index contributed by atoms with van der Waals surface area (Å²) in [6, 6.07) is 5.98. The first-order chi connectivity index (χ1) is 10.2. The average molecular weight is 306 g/mol. The summed E-state index contributed by atoms with van der Waals surface area (Å²) >= 11 is 1.70. The molecule has 0 aliphatic carbocycles. The Kier molecular flexibility index (Phi) is 5.56. The minimum absolute atomic E-state index is 0.0584. The standard InChI is InChI=1S/C16H22N2O2S/c1-11(10-21-3)16(19)17-7-6-12-9-18-15-5-4-13(20-2)8-14(12)15/h4-5,8-9,11,18H,6-7,10H2,1-3H3,(H,17,19). The Balaban J connectivity index is 1.96. The molecule has 0 saturated heterocycles. The number of carbonyl (C=O) groups excluding carboxylic acids is 1. The highest BCUT2D eigenvalue weighted by Gasteiger charge is 2.11. The third kappa shape index (κ3) is 3.94. The summed E-state index contributed by atoms with van der Waals surface area (Å²) in [5.41, 5.74) is 2.29. The van der Waals surface area contributed by atoms with E-state index in [0.717, 1.165) is 28.8 Å². The lowest BCUT2D eigenvalue weighted by atomic mass is 10.1. The fourth-order valence-electron chi connectivity index (χ4n) is 2.31. The number of thioether (sulfide) groups is 1. The molecule has 2 aromatic rings. The number of ether oxygens (including phenoxy) is 1. The second-order valence-corrected chi connectivity index (χ2v) is 6.03. The molecule has 2 N–H and O–H groups in total. The highest BCUT2D eigenvalue weighted by atomic mass is 32.2. The highest BCUT2D eigenvalue weighted by molar-refractivity contribution is 7.98. The number of hydrogen-bond donors (Lipinski definition) is 2. The predicted molar refractivity (Wildman–Crippen MR) is 89.1 cm³/mol. The van der Waals surface area contributed by atoms with Crippen molar-refractivity contribution in [2.45, 2.75) is 13.3 Å². The summed E-state index contributed by atoms with van der Waals surface area (Å²) in [6.45, 7) is 2.62. The zero-order valence-electron chi connectivity index (χ0n) is 12.7. The summed E-state index contributed by atoms with van der Waals surface area (Å²) in [6.07, 6.45) is 4.83. The number of carbonyl (C=O) groups is 1. The van der Waals surface area contributed by atoms with Crippen LogP contribution in [0.1, 0.15) is 12.5 Å². The van der Waals surface area contributed by atoms with Crippen LogP contribution >= 0.6 is 11.8 Å². The Morgan fingerprint density at radius 1 is 1.48 bits per heavy atom. The zero-order valence-corrected chi connectivity index (χ0v) is 13.5. The van der Waals surface area contributed by atoms with Gasteiger partial charge >= 0.3 is 0 Å². The fourth-order valence-corrected chi connectivity index (χ4v) is 2.96. The first-order valence-corrected chi connectivity index (χ1v) is 8.45. The van der Waals surface area contributed by atoms with E-state index in [4.69, 9.17) is 4.74 Å². The minimum atomic E-state index is 0.0584. The predicted octanol–water partition coefficient (Wildman–Crippen LogP) is 2.83. The molecular weight excluding hydrogens is 284 g/mol. The summed E-state index contributed by atoms with van der Waals surface area (Å²) < 4.78 is 5.26. The number of aromatic amines is 1. The van der Waals surface area contributed by atoms with Gasteiger partial charge in [-0.15, -0.1) is 0 Å². The Morgan fingerprint density at radius 3 is 3.00 bits per heavy atom. The Hall–Kier alpha value is -1.62. The molecule has 2 rings (SSSR count). The van der Waals surface area contributed by atoms with Crippen molar-refractivity contribution in [1.82, 2.24) is 10.3 Å². The molecule has 0 fully saturated rings. The van der Waals surface area contributed by atoms with E-state index in [1.807, 2.05) is 37.6 Å². The molecular formula is C16H22N2O2S. The van der Waals surface area contributed by atoms with Gasteiger partial charge in [0.2, 0.25) is 5.91 Å². The molecule has 0 bridgehead atoms. The van der Waals surface area contributed by atoms with Gasteiger partial charge in [0, 0.05) is 35.3 Å². The van der Waals surface area contributed by atoms with E-state index in [0.29, 0.717) is 6.54 Å². The summed E-state index contributed by atoms with van der Waals surface area (Å²) in [7, 11) is 1.67. The van der Waals surface area contributed by atoms with Crippen LogP contribution in [-0.2, 0) is 11.2 Å². The molecule has 1 amide bonds. The molecule has 1 aromatic heterocycles. The Labute approximate surface area is 129 Å². The molecule has 5 heteroatoms. The average Bonchev–Trinajstić information content (AvgIpc) is 2.89. The number of fused-ring (bicyclic) bond motifs is 1. The van der Waals surface area contributed by atoms with Crippen molar-refractivity contribution in [3.63, 3.8) is 0 Å². The van der Waals surface area contributed by atoms with Crippen LogP contribution < -0.4 is 10.1 Å². The number of H-pyrrole nitrogens is 1. The van der Waals surface area contributed by atoms with Crippen LogP contribution in [0.25, 0.3) is 10.9 Å². The van der Waals surface area contributed by atoms with Gasteiger partial charge in [0.1, 0.15) is 5.75 Å². The van der Waals surface area contributed by atoms with Crippen LogP contribution in [0.5, 0.6) is 5.75 Å². The van der Waals surface area contributed by atoms with Gasteiger partial charge < -0.3 is 15.0 Å². The summed E-state index contributed by atoms with van der Waals surface area (Å²) in [5.74, 6) is 1.89. The van der Waals surface area contributed by atoms with E-state index in [-0.39, 0.29) is 11.8 Å². The molecule has 4 nitrogen and oxygen atoms in total. The quantitative estimate of drug-likeness (QED) is 0.827. The maximum Gasteiger partial charge on any atom is 0.223 e. The number of aromatic nitrogens is 1. The number of methoxy groups -OCH3 is 1. The second kappa shape index (κ2) is 7.41. The van der Waals surface area contributed by atoms with Crippen molar-refractivity contribution >= 4 is 28.6 Å². The third-order valence-corrected chi connectivity index (χ3v) is 4.37. The Morgan fingerprint density at radius 2 is 2.29 bits per heavy atom. The maximum absolute atomic E-state index is 11.9. The summed E-state index contributed by atoms with van der Waals surface area (Å²) in [4.78, 5) is 15.1. The van der Waals surface area contributed by atoms with Crippen LogP contribution in [-0.4, -0.2) is 36.6 Å². The first-order valence-electron chi connectivity index (χ1n) is 7.06. The van der Waals surface area contributed by atoms with Gasteiger partial charge in [-0.3, -0.25) is 4.79 Å². The molecule has 0 saturated carbocycles. The molecule has 0 aliphatic heterocycles. The van der Waals surface area contributed by atoms with Crippen LogP contribution in [0, 0.1) is 5.92 Å². The molecule has 0 radical (unpaired) electrons. The van der Waals surface area contributed by atoms with Crippen molar-refractivity contribution in [3.8, 4) is 5.75 Å². The fraction of sp³-hybridized carbons (Fsp3) is 0.438. The molecule has 1 aromatic carbocycles. The van der Waals surface area contributed by atoms with Crippen molar-refractivity contribution in [1.29, 1.82) is 0 Å². The monoisotopic (exact) mass is 306 g/mol. The lowest BCUT2D eigenvalue weighted by molar-refractivity contribution is -0.123. The lowest BCUT2D eigenvalue weighted by Crippen LogP contribution is -2.31. The third-order valence-electron chi connectivity index (χ3n) is 3.53. The Bertz CT molecular complexity index is 609. The molecule has 21 heavy (non-hydrogen) atoms. The van der Waals surface area contributed by atoms with Crippen LogP contribution in [0.3, 0.4) is 0 Å². The van der Waals surface area contributed by atoms with E-state index in [1.165, 1.54) is 5.56 Å². The normalized spacial score (nSPS) is 12.3. The van der Waals surface area contributed by atoms with Crippen molar-refractivity contribution in [2.24, 2.45) is 5.92 Å². The van der Waals surface area contributed by atoms with Crippen molar-refractivity contribution in [3.05, 3.63) is 30.0 Å². The van der Waals surface area contributed by atoms with Gasteiger partial charge in [0.25, 0.3) is 0 Å². The largest absolute Gasteiger partial charge is 0.497 e. The topological polar surface area (TPSA) is 54.1 Å². The molecule has 1 atom stereocenters. The van der Waals surface area contributed by atoms with Crippen LogP contribution in [0.15, 0.2) is 24.4 Å². The number of benzene rings is 1. The number of hydrogen-bond acceptors (Lipinski definition) is 3.